The summed E-state index contributed by atoms with van der Waals surface area (Å²) in [7, 11) is 0. The van der Waals surface area contributed by atoms with Crippen molar-refractivity contribution in [2.45, 2.75) is 50.5 Å². The van der Waals surface area contributed by atoms with E-state index in [1.54, 1.807) is 11.4 Å². The molecule has 1 aliphatic carbocycles. The number of carbonyl (C=O) groups excluding carboxylic acids is 2. The summed E-state index contributed by atoms with van der Waals surface area (Å²) in [5.41, 5.74) is -0.577. The highest BCUT2D eigenvalue weighted by Gasteiger charge is 2.39. The zero-order chi connectivity index (χ0) is 16.7. The fourth-order valence-electron chi connectivity index (χ4n) is 2.84. The molecule has 126 valence electrons. The second kappa shape index (κ2) is 8.10. The zero-order valence-corrected chi connectivity index (χ0v) is 13.8. The number of carbonyl (C=O) groups is 3. The predicted molar refractivity (Wildman–Crippen MR) is 87.5 cm³/mol. The first-order valence-electron chi connectivity index (χ1n) is 7.88. The molecule has 2 rings (SSSR count). The lowest BCUT2D eigenvalue weighted by atomic mass is 9.90. The Labute approximate surface area is 139 Å². The van der Waals surface area contributed by atoms with Crippen LogP contribution in [-0.4, -0.2) is 35.0 Å². The van der Waals surface area contributed by atoms with Crippen LogP contribution < -0.4 is 10.6 Å². The molecular formula is C16H22N2O4S. The number of carboxylic acids is 1. The second-order valence-corrected chi connectivity index (χ2v) is 6.65. The van der Waals surface area contributed by atoms with Gasteiger partial charge in [0.15, 0.2) is 0 Å². The van der Waals surface area contributed by atoms with Gasteiger partial charge in [0.2, 0.25) is 5.91 Å². The van der Waals surface area contributed by atoms with Crippen LogP contribution in [0.15, 0.2) is 16.8 Å². The minimum absolute atomic E-state index is 0.0743. The highest BCUT2D eigenvalue weighted by atomic mass is 32.1. The summed E-state index contributed by atoms with van der Waals surface area (Å²) in [6, 6.07) is 1.71. The van der Waals surface area contributed by atoms with E-state index in [2.05, 4.69) is 10.6 Å². The van der Waals surface area contributed by atoms with Gasteiger partial charge >= 0.3 is 5.97 Å². The van der Waals surface area contributed by atoms with Gasteiger partial charge in [-0.3, -0.25) is 9.59 Å². The molecule has 0 atom stereocenters. The van der Waals surface area contributed by atoms with Crippen LogP contribution in [0.4, 0.5) is 0 Å². The number of nitrogens with one attached hydrogen (secondary N) is 2. The Morgan fingerprint density at radius 2 is 1.87 bits per heavy atom. The van der Waals surface area contributed by atoms with E-state index in [9.17, 15) is 19.5 Å². The van der Waals surface area contributed by atoms with Crippen LogP contribution in [0.25, 0.3) is 0 Å². The molecule has 23 heavy (non-hydrogen) atoms. The second-order valence-electron chi connectivity index (χ2n) is 5.87. The summed E-state index contributed by atoms with van der Waals surface area (Å²) in [6.45, 7) is 0.191. The Morgan fingerprint density at radius 1 is 1.17 bits per heavy atom. The number of amides is 2. The summed E-state index contributed by atoms with van der Waals surface area (Å²) in [5.74, 6) is -1.52. The van der Waals surface area contributed by atoms with Crippen molar-refractivity contribution < 1.29 is 19.5 Å². The van der Waals surface area contributed by atoms with Crippen molar-refractivity contribution >= 4 is 29.1 Å². The smallest absolute Gasteiger partial charge is 0.329 e. The average molecular weight is 338 g/mol. The van der Waals surface area contributed by atoms with Gasteiger partial charge in [-0.1, -0.05) is 25.7 Å². The molecule has 0 aromatic carbocycles. The molecule has 3 N–H and O–H groups in total. The van der Waals surface area contributed by atoms with Gasteiger partial charge in [-0.25, -0.2) is 4.79 Å². The Balaban J connectivity index is 1.82. The topological polar surface area (TPSA) is 95.5 Å². The first-order valence-corrected chi connectivity index (χ1v) is 8.83. The van der Waals surface area contributed by atoms with E-state index >= 15 is 0 Å². The van der Waals surface area contributed by atoms with Crippen molar-refractivity contribution in [1.82, 2.24) is 10.6 Å². The third-order valence-electron chi connectivity index (χ3n) is 4.17. The molecule has 0 unspecified atom stereocenters. The Kier molecular flexibility index (Phi) is 6.15. The molecule has 7 heteroatoms. The number of thiophene rings is 1. The molecule has 0 spiro atoms. The van der Waals surface area contributed by atoms with Gasteiger partial charge in [-0.2, -0.15) is 11.3 Å². The van der Waals surface area contributed by atoms with Crippen molar-refractivity contribution in [3.8, 4) is 0 Å². The number of hydrogen-bond acceptors (Lipinski definition) is 4. The summed E-state index contributed by atoms with van der Waals surface area (Å²) in [4.78, 5) is 35.5. The molecule has 1 aromatic rings. The minimum atomic E-state index is -1.15. The zero-order valence-electron chi connectivity index (χ0n) is 13.0. The number of hydrogen-bond donors (Lipinski definition) is 3. The Bertz CT molecular complexity index is 548. The third-order valence-corrected chi connectivity index (χ3v) is 4.85. The van der Waals surface area contributed by atoms with Crippen LogP contribution in [0.1, 0.15) is 55.3 Å². The van der Waals surface area contributed by atoms with Crippen LogP contribution in [0.3, 0.4) is 0 Å². The molecule has 0 saturated heterocycles. The van der Waals surface area contributed by atoms with Gasteiger partial charge in [-0.05, 0) is 24.3 Å². The minimum Gasteiger partial charge on any atom is -0.480 e. The van der Waals surface area contributed by atoms with Gasteiger partial charge < -0.3 is 15.7 Å². The van der Waals surface area contributed by atoms with Crippen molar-refractivity contribution in [3.05, 3.63) is 22.4 Å². The van der Waals surface area contributed by atoms with Crippen LogP contribution in [0, 0.1) is 0 Å². The van der Waals surface area contributed by atoms with E-state index in [1.807, 2.05) is 5.38 Å². The summed E-state index contributed by atoms with van der Waals surface area (Å²) in [6.07, 6.45) is 4.63. The SMILES string of the molecule is O=C(CCNC(=O)c1ccsc1)NC1(C(=O)O)CCCCCC1. The summed E-state index contributed by atoms with van der Waals surface area (Å²) in [5, 5.41) is 18.4. The molecule has 1 saturated carbocycles. The van der Waals surface area contributed by atoms with Gasteiger partial charge in [-0.15, -0.1) is 0 Å². The molecule has 0 aliphatic heterocycles. The van der Waals surface area contributed by atoms with E-state index in [0.717, 1.165) is 25.7 Å². The highest BCUT2D eigenvalue weighted by molar-refractivity contribution is 7.08. The first kappa shape index (κ1) is 17.5. The van der Waals surface area contributed by atoms with E-state index in [0.29, 0.717) is 18.4 Å². The number of rotatable bonds is 6. The number of aliphatic carboxylic acids is 1. The Hall–Kier alpha value is -1.89. The van der Waals surface area contributed by atoms with Crippen molar-refractivity contribution in [3.63, 3.8) is 0 Å². The highest BCUT2D eigenvalue weighted by Crippen LogP contribution is 2.27. The van der Waals surface area contributed by atoms with Crippen molar-refractivity contribution in [2.75, 3.05) is 6.54 Å². The quantitative estimate of drug-likeness (QED) is 0.693. The van der Waals surface area contributed by atoms with E-state index < -0.39 is 11.5 Å². The maximum Gasteiger partial charge on any atom is 0.329 e. The van der Waals surface area contributed by atoms with Gasteiger partial charge in [0.1, 0.15) is 5.54 Å². The van der Waals surface area contributed by atoms with E-state index in [-0.39, 0.29) is 24.8 Å². The molecule has 2 amide bonds. The third kappa shape index (κ3) is 4.79. The summed E-state index contributed by atoms with van der Waals surface area (Å²) >= 11 is 1.43. The van der Waals surface area contributed by atoms with Crippen LogP contribution in [0.5, 0.6) is 0 Å². The van der Waals surface area contributed by atoms with E-state index in [1.165, 1.54) is 11.3 Å². The maximum absolute atomic E-state index is 12.1. The molecule has 1 fully saturated rings. The molecule has 1 aliphatic rings. The summed E-state index contributed by atoms with van der Waals surface area (Å²) < 4.78 is 0. The largest absolute Gasteiger partial charge is 0.480 e. The van der Waals surface area contributed by atoms with Gasteiger partial charge in [0, 0.05) is 23.9 Å². The molecular weight excluding hydrogens is 316 g/mol. The van der Waals surface area contributed by atoms with Crippen molar-refractivity contribution in [1.29, 1.82) is 0 Å². The van der Waals surface area contributed by atoms with Gasteiger partial charge in [0.05, 0.1) is 0 Å². The van der Waals surface area contributed by atoms with Crippen molar-refractivity contribution in [2.24, 2.45) is 0 Å². The number of carboxylic acid groups (broad SMARTS) is 1. The average Bonchev–Trinajstić information content (AvgIpc) is 2.94. The lowest BCUT2D eigenvalue weighted by molar-refractivity contribution is -0.148. The monoisotopic (exact) mass is 338 g/mol. The van der Waals surface area contributed by atoms with Crippen LogP contribution in [0.2, 0.25) is 0 Å². The molecule has 6 nitrogen and oxygen atoms in total. The molecule has 0 radical (unpaired) electrons. The lowest BCUT2D eigenvalue weighted by Gasteiger charge is -2.29. The maximum atomic E-state index is 12.1. The van der Waals surface area contributed by atoms with Crippen LogP contribution in [-0.2, 0) is 9.59 Å². The Morgan fingerprint density at radius 3 is 2.43 bits per heavy atom. The van der Waals surface area contributed by atoms with Crippen LogP contribution >= 0.6 is 11.3 Å². The molecule has 1 heterocycles. The van der Waals surface area contributed by atoms with E-state index in [4.69, 9.17) is 0 Å². The lowest BCUT2D eigenvalue weighted by Crippen LogP contribution is -2.54. The molecule has 0 bridgehead atoms. The predicted octanol–water partition coefficient (Wildman–Crippen LogP) is 2.16. The first-order chi connectivity index (χ1) is 11.0. The standard InChI is InChI=1S/C16H22N2O4S/c19-13(5-9-17-14(20)12-6-10-23-11-12)18-16(15(21)22)7-3-1-2-4-8-16/h6,10-11H,1-5,7-9H2,(H,17,20)(H,18,19)(H,21,22). The fraction of sp³-hybridized carbons (Fsp3) is 0.562. The van der Waals surface area contributed by atoms with Gasteiger partial charge in [0.25, 0.3) is 5.91 Å². The fourth-order valence-corrected chi connectivity index (χ4v) is 3.48. The molecule has 1 aromatic heterocycles. The normalized spacial score (nSPS) is 17.0.